The second-order valence-electron chi connectivity index (χ2n) is 7.90. The minimum atomic E-state index is -0.329. The second-order valence-corrected chi connectivity index (χ2v) is 7.90. The van der Waals surface area contributed by atoms with E-state index in [0.29, 0.717) is 23.0 Å². The normalized spacial score (nSPS) is 13.4. The van der Waals surface area contributed by atoms with E-state index in [0.717, 1.165) is 52.1 Å². The first-order valence-corrected chi connectivity index (χ1v) is 10.2. The molecule has 31 heavy (non-hydrogen) atoms. The molecular formula is C25H21FN4O. The van der Waals surface area contributed by atoms with Crippen LogP contribution in [-0.4, -0.2) is 15.9 Å². The van der Waals surface area contributed by atoms with E-state index in [1.165, 1.54) is 12.1 Å². The minimum Gasteiger partial charge on any atom is -0.384 e. The van der Waals surface area contributed by atoms with Crippen LogP contribution in [0.25, 0.3) is 22.3 Å². The summed E-state index contributed by atoms with van der Waals surface area (Å²) < 4.78 is 19.1. The number of nitrogens with one attached hydrogen (secondary N) is 1. The molecule has 6 heteroatoms. The van der Waals surface area contributed by atoms with Gasteiger partial charge in [-0.2, -0.15) is 0 Å². The van der Waals surface area contributed by atoms with E-state index in [2.05, 4.69) is 10.1 Å². The third-order valence-corrected chi connectivity index (χ3v) is 5.65. The average Bonchev–Trinajstić information content (AvgIpc) is 3.56. The first-order valence-electron chi connectivity index (χ1n) is 10.2. The summed E-state index contributed by atoms with van der Waals surface area (Å²) in [5, 5.41) is 13.1. The van der Waals surface area contributed by atoms with Crippen LogP contribution in [0, 0.1) is 18.2 Å². The smallest absolute Gasteiger partial charge is 0.147 e. The lowest BCUT2D eigenvalue weighted by Gasteiger charge is -2.14. The maximum Gasteiger partial charge on any atom is 0.147 e. The van der Waals surface area contributed by atoms with Crippen molar-refractivity contribution >= 4 is 11.5 Å². The number of benzene rings is 2. The number of anilines is 1. The molecule has 1 aliphatic rings. The topological polar surface area (TPSA) is 88.8 Å². The number of rotatable bonds is 5. The zero-order chi connectivity index (χ0) is 21.5. The molecule has 1 aliphatic carbocycles. The Morgan fingerprint density at radius 3 is 2.48 bits per heavy atom. The van der Waals surface area contributed by atoms with Gasteiger partial charge in [-0.1, -0.05) is 17.3 Å². The minimum absolute atomic E-state index is 0.308. The van der Waals surface area contributed by atoms with Crippen molar-refractivity contribution < 1.29 is 8.91 Å². The Morgan fingerprint density at radius 2 is 1.81 bits per heavy atom. The zero-order valence-corrected chi connectivity index (χ0v) is 17.0. The molecule has 0 amide bonds. The van der Waals surface area contributed by atoms with Crippen molar-refractivity contribution in [1.82, 2.24) is 10.1 Å². The third-order valence-electron chi connectivity index (χ3n) is 5.65. The number of pyridine rings is 1. The fourth-order valence-corrected chi connectivity index (χ4v) is 3.84. The molecule has 1 fully saturated rings. The molecule has 2 aromatic heterocycles. The Kier molecular flexibility index (Phi) is 4.62. The van der Waals surface area contributed by atoms with Gasteiger partial charge in [0, 0.05) is 34.4 Å². The third kappa shape index (κ3) is 3.61. The molecule has 0 spiro atoms. The Balaban J connectivity index is 1.69. The largest absolute Gasteiger partial charge is 0.384 e. The lowest BCUT2D eigenvalue weighted by atomic mass is 9.89. The molecule has 5 nitrogen and oxygen atoms in total. The molecule has 0 saturated heterocycles. The summed E-state index contributed by atoms with van der Waals surface area (Å²) in [4.78, 5) is 4.19. The highest BCUT2D eigenvalue weighted by Gasteiger charge is 2.33. The number of aryl methyl sites for hydroxylation is 1. The fraction of sp³-hybridized carbons (Fsp3) is 0.160. The zero-order valence-electron chi connectivity index (χ0n) is 17.0. The SMILES string of the molecule is Cc1noc(C2CC2)c1-c1ccc(-c2ccc(N)nc2)cc1C(=N)c1ccc(F)cc1. The van der Waals surface area contributed by atoms with Gasteiger partial charge in [-0.05, 0) is 73.4 Å². The first kappa shape index (κ1) is 19.2. The molecular weight excluding hydrogens is 391 g/mol. The fourth-order valence-electron chi connectivity index (χ4n) is 3.84. The summed E-state index contributed by atoms with van der Waals surface area (Å²) >= 11 is 0. The van der Waals surface area contributed by atoms with Crippen molar-refractivity contribution in [2.45, 2.75) is 25.7 Å². The van der Waals surface area contributed by atoms with Crippen molar-refractivity contribution in [2.75, 3.05) is 5.73 Å². The van der Waals surface area contributed by atoms with Crippen LogP contribution in [0.1, 0.15) is 41.3 Å². The summed E-state index contributed by atoms with van der Waals surface area (Å²) in [6, 6.07) is 15.6. The van der Waals surface area contributed by atoms with Gasteiger partial charge in [-0.25, -0.2) is 9.37 Å². The second kappa shape index (κ2) is 7.47. The molecule has 0 bridgehead atoms. The molecule has 154 valence electrons. The Hall–Kier alpha value is -3.80. The van der Waals surface area contributed by atoms with Crippen LogP contribution in [0.3, 0.4) is 0 Å². The van der Waals surface area contributed by atoms with E-state index in [1.54, 1.807) is 24.4 Å². The van der Waals surface area contributed by atoms with Gasteiger partial charge in [-0.15, -0.1) is 0 Å². The number of hydrogen-bond acceptors (Lipinski definition) is 5. The lowest BCUT2D eigenvalue weighted by Crippen LogP contribution is -2.05. The maximum absolute atomic E-state index is 13.5. The summed E-state index contributed by atoms with van der Waals surface area (Å²) in [6.45, 7) is 1.92. The maximum atomic E-state index is 13.5. The van der Waals surface area contributed by atoms with Crippen LogP contribution in [0.15, 0.2) is 65.3 Å². The predicted octanol–water partition coefficient (Wildman–Crippen LogP) is 5.73. The Labute approximate surface area is 179 Å². The molecule has 2 aromatic carbocycles. The van der Waals surface area contributed by atoms with Gasteiger partial charge in [0.15, 0.2) is 0 Å². The van der Waals surface area contributed by atoms with Gasteiger partial charge in [0.2, 0.25) is 0 Å². The molecule has 5 rings (SSSR count). The Bertz CT molecular complexity index is 1270. The van der Waals surface area contributed by atoms with E-state index in [4.69, 9.17) is 15.7 Å². The van der Waals surface area contributed by atoms with Crippen LogP contribution in [0.5, 0.6) is 0 Å². The standard InChI is InChI=1S/C25H21FN4O/c1-14-23(25(31-30-14)16-2-3-16)20-10-6-17(18-7-11-22(27)29-13-18)12-21(20)24(28)15-4-8-19(26)9-5-15/h4-13,16,28H,2-3H2,1H3,(H2,27,29). The highest BCUT2D eigenvalue weighted by molar-refractivity contribution is 6.15. The van der Waals surface area contributed by atoms with Crippen LogP contribution in [0.4, 0.5) is 10.2 Å². The van der Waals surface area contributed by atoms with Gasteiger partial charge < -0.3 is 10.3 Å². The van der Waals surface area contributed by atoms with E-state index in [9.17, 15) is 4.39 Å². The lowest BCUT2D eigenvalue weighted by molar-refractivity contribution is 0.381. The summed E-state index contributed by atoms with van der Waals surface area (Å²) in [5.74, 6) is 1.38. The van der Waals surface area contributed by atoms with Crippen molar-refractivity contribution in [2.24, 2.45) is 0 Å². The molecule has 0 aliphatic heterocycles. The molecule has 0 atom stereocenters. The quantitative estimate of drug-likeness (QED) is 0.410. The Morgan fingerprint density at radius 1 is 1.06 bits per heavy atom. The van der Waals surface area contributed by atoms with E-state index >= 15 is 0 Å². The summed E-state index contributed by atoms with van der Waals surface area (Å²) in [6.07, 6.45) is 3.89. The van der Waals surface area contributed by atoms with Crippen molar-refractivity contribution in [3.63, 3.8) is 0 Å². The summed E-state index contributed by atoms with van der Waals surface area (Å²) in [7, 11) is 0. The molecule has 0 radical (unpaired) electrons. The van der Waals surface area contributed by atoms with E-state index in [1.807, 2.05) is 31.2 Å². The number of nitrogen functional groups attached to an aromatic ring is 1. The highest BCUT2D eigenvalue weighted by atomic mass is 19.1. The van der Waals surface area contributed by atoms with E-state index in [-0.39, 0.29) is 5.82 Å². The van der Waals surface area contributed by atoms with Crippen LogP contribution < -0.4 is 5.73 Å². The number of nitrogens with two attached hydrogens (primary N) is 1. The summed E-state index contributed by atoms with van der Waals surface area (Å²) in [5.41, 5.74) is 11.9. The van der Waals surface area contributed by atoms with Crippen molar-refractivity contribution in [3.05, 3.63) is 89.2 Å². The average molecular weight is 412 g/mol. The van der Waals surface area contributed by atoms with Gasteiger partial charge in [0.1, 0.15) is 17.4 Å². The number of aromatic nitrogens is 2. The van der Waals surface area contributed by atoms with Gasteiger partial charge >= 0.3 is 0 Å². The van der Waals surface area contributed by atoms with Gasteiger partial charge in [0.25, 0.3) is 0 Å². The van der Waals surface area contributed by atoms with Crippen LogP contribution >= 0.6 is 0 Å². The monoisotopic (exact) mass is 412 g/mol. The number of nitrogens with zero attached hydrogens (tertiary/aromatic N) is 2. The van der Waals surface area contributed by atoms with Crippen LogP contribution in [-0.2, 0) is 0 Å². The first-order chi connectivity index (χ1) is 15.0. The van der Waals surface area contributed by atoms with Crippen LogP contribution in [0.2, 0.25) is 0 Å². The predicted molar refractivity (Wildman–Crippen MR) is 119 cm³/mol. The number of halogens is 1. The van der Waals surface area contributed by atoms with E-state index < -0.39 is 0 Å². The van der Waals surface area contributed by atoms with Gasteiger partial charge in [0.05, 0.1) is 11.4 Å². The molecule has 0 unspecified atom stereocenters. The molecule has 3 N–H and O–H groups in total. The van der Waals surface area contributed by atoms with Crippen molar-refractivity contribution in [3.8, 4) is 22.3 Å². The number of hydrogen-bond donors (Lipinski definition) is 2. The van der Waals surface area contributed by atoms with Crippen molar-refractivity contribution in [1.29, 1.82) is 5.41 Å². The molecule has 2 heterocycles. The van der Waals surface area contributed by atoms with Gasteiger partial charge in [-0.3, -0.25) is 5.41 Å². The molecule has 4 aromatic rings. The highest BCUT2D eigenvalue weighted by Crippen LogP contribution is 2.46. The molecule has 1 saturated carbocycles.